The number of carboxylic acid groups (broad SMARTS) is 1. The summed E-state index contributed by atoms with van der Waals surface area (Å²) in [5.41, 5.74) is 0.623. The molecule has 2 rings (SSSR count). The molecular weight excluding hydrogens is 271 g/mol. The molecule has 0 fully saturated rings. The van der Waals surface area contributed by atoms with Crippen LogP contribution in [-0.2, 0) is 0 Å². The molecule has 98 valence electrons. The average molecular weight is 281 g/mol. The number of hydrogen-bond donors (Lipinski definition) is 1. The van der Waals surface area contributed by atoms with E-state index in [-0.39, 0.29) is 21.9 Å². The Hall–Kier alpha value is -2.07. The first kappa shape index (κ1) is 13.4. The van der Waals surface area contributed by atoms with E-state index in [1.807, 2.05) is 0 Å². The van der Waals surface area contributed by atoms with Crippen molar-refractivity contribution < 1.29 is 19.0 Å². The molecule has 0 aromatic heterocycles. The Kier molecular flexibility index (Phi) is 3.71. The Bertz CT molecular complexity index is 641. The second-order valence-electron chi connectivity index (χ2n) is 3.82. The van der Waals surface area contributed by atoms with Gasteiger partial charge in [-0.3, -0.25) is 0 Å². The van der Waals surface area contributed by atoms with Gasteiger partial charge in [-0.15, -0.1) is 0 Å². The summed E-state index contributed by atoms with van der Waals surface area (Å²) in [7, 11) is 1.37. The summed E-state index contributed by atoms with van der Waals surface area (Å²) in [4.78, 5) is 11.0. The zero-order valence-corrected chi connectivity index (χ0v) is 10.7. The predicted octanol–water partition coefficient (Wildman–Crippen LogP) is 3.85. The Morgan fingerprint density at radius 2 is 2.05 bits per heavy atom. The van der Waals surface area contributed by atoms with Crippen molar-refractivity contribution in [2.24, 2.45) is 0 Å². The van der Waals surface area contributed by atoms with E-state index in [1.165, 1.54) is 25.3 Å². The standard InChI is InChI=1S/C14H10ClFO3/c1-19-12-4-2-3-9(13(12)16)8-5-6-11(15)10(7-8)14(17)18/h2-7H,1H3,(H,17,18). The van der Waals surface area contributed by atoms with Gasteiger partial charge in [0.15, 0.2) is 11.6 Å². The highest BCUT2D eigenvalue weighted by molar-refractivity contribution is 6.33. The van der Waals surface area contributed by atoms with Crippen LogP contribution in [0.1, 0.15) is 10.4 Å². The zero-order chi connectivity index (χ0) is 14.0. The van der Waals surface area contributed by atoms with Crippen LogP contribution in [0.3, 0.4) is 0 Å². The zero-order valence-electron chi connectivity index (χ0n) is 9.98. The SMILES string of the molecule is COc1cccc(-c2ccc(Cl)c(C(=O)O)c2)c1F. The van der Waals surface area contributed by atoms with E-state index in [0.717, 1.165) is 0 Å². The van der Waals surface area contributed by atoms with Crippen molar-refractivity contribution in [2.75, 3.05) is 7.11 Å². The lowest BCUT2D eigenvalue weighted by atomic mass is 10.0. The fourth-order valence-corrected chi connectivity index (χ4v) is 1.95. The van der Waals surface area contributed by atoms with Crippen LogP contribution in [0.5, 0.6) is 5.75 Å². The van der Waals surface area contributed by atoms with E-state index in [1.54, 1.807) is 18.2 Å². The van der Waals surface area contributed by atoms with Gasteiger partial charge in [-0.05, 0) is 23.8 Å². The van der Waals surface area contributed by atoms with E-state index in [0.29, 0.717) is 5.56 Å². The van der Waals surface area contributed by atoms with Crippen LogP contribution >= 0.6 is 11.6 Å². The van der Waals surface area contributed by atoms with Gasteiger partial charge in [0, 0.05) is 5.56 Å². The maximum absolute atomic E-state index is 14.1. The van der Waals surface area contributed by atoms with Crippen LogP contribution in [0.25, 0.3) is 11.1 Å². The van der Waals surface area contributed by atoms with Gasteiger partial charge < -0.3 is 9.84 Å². The molecule has 0 bridgehead atoms. The Morgan fingerprint density at radius 1 is 1.32 bits per heavy atom. The minimum atomic E-state index is -1.16. The van der Waals surface area contributed by atoms with Crippen LogP contribution in [0.4, 0.5) is 4.39 Å². The monoisotopic (exact) mass is 280 g/mol. The van der Waals surface area contributed by atoms with Crippen molar-refractivity contribution in [3.63, 3.8) is 0 Å². The minimum absolute atomic E-state index is 0.0682. The first-order valence-electron chi connectivity index (χ1n) is 5.40. The van der Waals surface area contributed by atoms with Crippen molar-refractivity contribution in [3.05, 3.63) is 52.8 Å². The fraction of sp³-hybridized carbons (Fsp3) is 0.0714. The number of hydrogen-bond acceptors (Lipinski definition) is 2. The van der Waals surface area contributed by atoms with Gasteiger partial charge in [-0.2, -0.15) is 0 Å². The van der Waals surface area contributed by atoms with Gasteiger partial charge in [0.25, 0.3) is 0 Å². The van der Waals surface area contributed by atoms with E-state index in [2.05, 4.69) is 0 Å². The van der Waals surface area contributed by atoms with Crippen LogP contribution in [0, 0.1) is 5.82 Å². The number of aromatic carboxylic acids is 1. The maximum Gasteiger partial charge on any atom is 0.337 e. The number of carbonyl (C=O) groups is 1. The molecule has 0 atom stereocenters. The highest BCUT2D eigenvalue weighted by atomic mass is 35.5. The van der Waals surface area contributed by atoms with Gasteiger partial charge in [0.2, 0.25) is 0 Å². The topological polar surface area (TPSA) is 46.5 Å². The molecule has 0 amide bonds. The summed E-state index contributed by atoms with van der Waals surface area (Å²) in [6.45, 7) is 0. The number of benzene rings is 2. The third-order valence-electron chi connectivity index (χ3n) is 2.69. The molecule has 0 heterocycles. The largest absolute Gasteiger partial charge is 0.494 e. The number of carboxylic acids is 1. The Morgan fingerprint density at radius 3 is 2.68 bits per heavy atom. The smallest absolute Gasteiger partial charge is 0.337 e. The lowest BCUT2D eigenvalue weighted by Crippen LogP contribution is -1.98. The first-order valence-corrected chi connectivity index (χ1v) is 5.78. The third kappa shape index (κ3) is 2.53. The van der Waals surface area contributed by atoms with Crippen LogP contribution in [0.2, 0.25) is 5.02 Å². The molecule has 1 N–H and O–H groups in total. The average Bonchev–Trinajstić information content (AvgIpc) is 2.39. The normalized spacial score (nSPS) is 10.3. The van der Waals surface area contributed by atoms with Gasteiger partial charge in [-0.1, -0.05) is 29.8 Å². The summed E-state index contributed by atoms with van der Waals surface area (Å²) < 4.78 is 19.0. The predicted molar refractivity (Wildman–Crippen MR) is 70.4 cm³/mol. The number of halogens is 2. The lowest BCUT2D eigenvalue weighted by Gasteiger charge is -2.09. The van der Waals surface area contributed by atoms with Crippen molar-refractivity contribution in [2.45, 2.75) is 0 Å². The molecule has 5 heteroatoms. The molecule has 0 saturated heterocycles. The Balaban J connectivity index is 2.60. The van der Waals surface area contributed by atoms with Crippen molar-refractivity contribution in [1.82, 2.24) is 0 Å². The summed E-state index contributed by atoms with van der Waals surface area (Å²) in [5, 5.41) is 9.11. The van der Waals surface area contributed by atoms with Crippen LogP contribution in [0.15, 0.2) is 36.4 Å². The maximum atomic E-state index is 14.1. The number of methoxy groups -OCH3 is 1. The molecule has 2 aromatic rings. The number of ether oxygens (including phenoxy) is 1. The Labute approximate surface area is 114 Å². The van der Waals surface area contributed by atoms with E-state index in [4.69, 9.17) is 21.4 Å². The van der Waals surface area contributed by atoms with Crippen molar-refractivity contribution in [1.29, 1.82) is 0 Å². The molecule has 0 radical (unpaired) electrons. The molecule has 19 heavy (non-hydrogen) atoms. The highest BCUT2D eigenvalue weighted by Gasteiger charge is 2.14. The molecule has 0 aliphatic rings. The van der Waals surface area contributed by atoms with Gasteiger partial charge in [0.1, 0.15) is 0 Å². The molecule has 3 nitrogen and oxygen atoms in total. The van der Waals surface area contributed by atoms with E-state index in [9.17, 15) is 9.18 Å². The minimum Gasteiger partial charge on any atom is -0.494 e. The van der Waals surface area contributed by atoms with Gasteiger partial charge in [-0.25, -0.2) is 9.18 Å². The van der Waals surface area contributed by atoms with Crippen LogP contribution < -0.4 is 4.74 Å². The van der Waals surface area contributed by atoms with Crippen molar-refractivity contribution >= 4 is 17.6 Å². The fourth-order valence-electron chi connectivity index (χ4n) is 1.75. The van der Waals surface area contributed by atoms with Crippen molar-refractivity contribution in [3.8, 4) is 16.9 Å². The quantitative estimate of drug-likeness (QED) is 0.929. The molecular formula is C14H10ClFO3. The first-order chi connectivity index (χ1) is 9.04. The summed E-state index contributed by atoms with van der Waals surface area (Å²) >= 11 is 5.78. The molecule has 0 aliphatic heterocycles. The molecule has 0 aliphatic carbocycles. The highest BCUT2D eigenvalue weighted by Crippen LogP contribution is 2.31. The summed E-state index contributed by atoms with van der Waals surface area (Å²) in [5.74, 6) is -1.59. The summed E-state index contributed by atoms with van der Waals surface area (Å²) in [6.07, 6.45) is 0. The molecule has 0 saturated carbocycles. The summed E-state index contributed by atoms with van der Waals surface area (Å²) in [6, 6.07) is 9.00. The second-order valence-corrected chi connectivity index (χ2v) is 4.23. The van der Waals surface area contributed by atoms with Gasteiger partial charge in [0.05, 0.1) is 17.7 Å². The van der Waals surface area contributed by atoms with Crippen LogP contribution in [-0.4, -0.2) is 18.2 Å². The second kappa shape index (κ2) is 5.28. The van der Waals surface area contributed by atoms with E-state index >= 15 is 0 Å². The molecule has 0 spiro atoms. The molecule has 0 unspecified atom stereocenters. The third-order valence-corrected chi connectivity index (χ3v) is 3.02. The molecule has 2 aromatic carbocycles. The van der Waals surface area contributed by atoms with Gasteiger partial charge >= 0.3 is 5.97 Å². The number of rotatable bonds is 3. The lowest BCUT2D eigenvalue weighted by molar-refractivity contribution is 0.0697. The van der Waals surface area contributed by atoms with E-state index < -0.39 is 11.8 Å².